The largest absolute Gasteiger partial charge is 0.453 e. The van der Waals surface area contributed by atoms with Crippen LogP contribution in [-0.2, 0) is 11.3 Å². The van der Waals surface area contributed by atoms with Gasteiger partial charge in [0.1, 0.15) is 12.4 Å². The van der Waals surface area contributed by atoms with E-state index in [0.29, 0.717) is 30.6 Å². The van der Waals surface area contributed by atoms with Crippen LogP contribution in [0.3, 0.4) is 0 Å². The van der Waals surface area contributed by atoms with Gasteiger partial charge in [0.05, 0.1) is 0 Å². The average molecular weight is 289 g/mol. The molecule has 5 nitrogen and oxygen atoms in total. The number of halogens is 1. The summed E-state index contributed by atoms with van der Waals surface area (Å²) in [5.41, 5.74) is 0. The van der Waals surface area contributed by atoms with Gasteiger partial charge in [0, 0.05) is 13.7 Å². The first-order valence-electron chi connectivity index (χ1n) is 6.36. The van der Waals surface area contributed by atoms with Crippen LogP contribution in [0.5, 0.6) is 0 Å². The normalized spacial score (nSPS) is 18.1. The van der Waals surface area contributed by atoms with Gasteiger partial charge in [-0.2, -0.15) is 0 Å². The molecule has 1 aromatic heterocycles. The summed E-state index contributed by atoms with van der Waals surface area (Å²) >= 11 is 0. The molecule has 6 heteroatoms. The molecule has 0 aromatic carbocycles. The van der Waals surface area contributed by atoms with E-state index < -0.39 is 0 Å². The van der Waals surface area contributed by atoms with Crippen molar-refractivity contribution in [3.8, 4) is 0 Å². The molecule has 0 spiro atoms. The first-order valence-corrected chi connectivity index (χ1v) is 6.36. The van der Waals surface area contributed by atoms with Gasteiger partial charge in [-0.05, 0) is 44.0 Å². The maximum Gasteiger partial charge on any atom is 0.286 e. The summed E-state index contributed by atoms with van der Waals surface area (Å²) in [7, 11) is 1.60. The van der Waals surface area contributed by atoms with Gasteiger partial charge >= 0.3 is 0 Å². The lowest BCUT2D eigenvalue weighted by Crippen LogP contribution is -2.26. The Kier molecular flexibility index (Phi) is 6.91. The van der Waals surface area contributed by atoms with Gasteiger partial charge in [0.15, 0.2) is 5.76 Å². The van der Waals surface area contributed by atoms with E-state index in [1.807, 2.05) is 0 Å². The molecule has 0 saturated carbocycles. The van der Waals surface area contributed by atoms with Gasteiger partial charge in [0.2, 0.25) is 0 Å². The summed E-state index contributed by atoms with van der Waals surface area (Å²) in [6.07, 6.45) is 2.22. The molecule has 2 N–H and O–H groups in total. The van der Waals surface area contributed by atoms with Crippen molar-refractivity contribution in [1.82, 2.24) is 10.6 Å². The highest BCUT2D eigenvalue weighted by Gasteiger charge is 2.15. The number of furan rings is 1. The summed E-state index contributed by atoms with van der Waals surface area (Å²) in [5.74, 6) is 1.56. The van der Waals surface area contributed by atoms with Crippen LogP contribution < -0.4 is 10.6 Å². The molecule has 0 bridgehead atoms. The second kappa shape index (κ2) is 8.19. The van der Waals surface area contributed by atoms with Gasteiger partial charge in [0.25, 0.3) is 5.91 Å². The minimum Gasteiger partial charge on any atom is -0.453 e. The topological polar surface area (TPSA) is 63.5 Å². The second-order valence-electron chi connectivity index (χ2n) is 4.60. The average Bonchev–Trinajstić information content (AvgIpc) is 3.00. The van der Waals surface area contributed by atoms with Crippen LogP contribution in [-0.4, -0.2) is 32.7 Å². The predicted octanol–water partition coefficient (Wildman–Crippen LogP) is 1.58. The molecule has 1 aliphatic rings. The molecule has 1 amide bonds. The van der Waals surface area contributed by atoms with Crippen LogP contribution in [0, 0.1) is 5.92 Å². The lowest BCUT2D eigenvalue weighted by atomic mass is 10.1. The Morgan fingerprint density at radius 1 is 1.58 bits per heavy atom. The number of rotatable bonds is 6. The molecule has 1 saturated heterocycles. The van der Waals surface area contributed by atoms with E-state index in [9.17, 15) is 4.79 Å². The van der Waals surface area contributed by atoms with Crippen molar-refractivity contribution in [2.45, 2.75) is 19.4 Å². The van der Waals surface area contributed by atoms with Gasteiger partial charge < -0.3 is 19.8 Å². The van der Waals surface area contributed by atoms with Crippen LogP contribution in [0.1, 0.15) is 29.2 Å². The van der Waals surface area contributed by atoms with Crippen LogP contribution in [0.25, 0.3) is 0 Å². The molecule has 2 heterocycles. The van der Waals surface area contributed by atoms with Crippen LogP contribution in [0.2, 0.25) is 0 Å². The van der Waals surface area contributed by atoms with Crippen molar-refractivity contribution in [3.63, 3.8) is 0 Å². The third kappa shape index (κ3) is 4.86. The van der Waals surface area contributed by atoms with Gasteiger partial charge in [-0.15, -0.1) is 12.4 Å². The Hall–Kier alpha value is -1.04. The lowest BCUT2D eigenvalue weighted by molar-refractivity contribution is 0.0915. The molecule has 1 fully saturated rings. The van der Waals surface area contributed by atoms with Crippen molar-refractivity contribution in [2.24, 2.45) is 5.92 Å². The minimum atomic E-state index is -0.150. The van der Waals surface area contributed by atoms with Crippen molar-refractivity contribution < 1.29 is 13.9 Å². The first kappa shape index (κ1) is 16.0. The fourth-order valence-corrected chi connectivity index (χ4v) is 2.16. The molecule has 1 aliphatic heterocycles. The molecule has 1 atom stereocenters. The number of ether oxygens (including phenoxy) is 1. The summed E-state index contributed by atoms with van der Waals surface area (Å²) in [4.78, 5) is 11.8. The minimum absolute atomic E-state index is 0. The number of amides is 1. The molecule has 0 aliphatic carbocycles. The molecule has 1 aromatic rings. The Labute approximate surface area is 119 Å². The highest BCUT2D eigenvalue weighted by atomic mass is 35.5. The van der Waals surface area contributed by atoms with Gasteiger partial charge in [-0.3, -0.25) is 4.79 Å². The zero-order valence-electron chi connectivity index (χ0n) is 11.1. The summed E-state index contributed by atoms with van der Waals surface area (Å²) < 4.78 is 10.3. The smallest absolute Gasteiger partial charge is 0.286 e. The van der Waals surface area contributed by atoms with Crippen molar-refractivity contribution >= 4 is 18.3 Å². The van der Waals surface area contributed by atoms with E-state index in [1.165, 1.54) is 6.42 Å². The first-order chi connectivity index (χ1) is 8.79. The summed E-state index contributed by atoms with van der Waals surface area (Å²) in [6.45, 7) is 3.25. The number of methoxy groups -OCH3 is 1. The SMILES string of the molecule is COCc1ccc(C(=O)NCCC2CCNC2)o1.Cl. The Morgan fingerprint density at radius 3 is 3.11 bits per heavy atom. The fourth-order valence-electron chi connectivity index (χ4n) is 2.16. The standard InChI is InChI=1S/C13H20N2O3.ClH/c1-17-9-11-2-3-12(18-11)13(16)15-7-5-10-4-6-14-8-10;/h2-3,10,14H,4-9H2,1H3,(H,15,16);1H. The van der Waals surface area contributed by atoms with E-state index in [1.54, 1.807) is 19.2 Å². The van der Waals surface area contributed by atoms with E-state index in [0.717, 1.165) is 19.5 Å². The van der Waals surface area contributed by atoms with E-state index in [2.05, 4.69) is 10.6 Å². The third-order valence-electron chi connectivity index (χ3n) is 3.17. The Bertz CT molecular complexity index is 389. The van der Waals surface area contributed by atoms with E-state index >= 15 is 0 Å². The predicted molar refractivity (Wildman–Crippen MR) is 74.6 cm³/mol. The number of carbonyl (C=O) groups is 1. The zero-order chi connectivity index (χ0) is 12.8. The van der Waals surface area contributed by atoms with E-state index in [4.69, 9.17) is 9.15 Å². The summed E-state index contributed by atoms with van der Waals surface area (Å²) in [6, 6.07) is 3.44. The molecule has 19 heavy (non-hydrogen) atoms. The number of hydrogen-bond acceptors (Lipinski definition) is 4. The highest BCUT2D eigenvalue weighted by Crippen LogP contribution is 2.12. The third-order valence-corrected chi connectivity index (χ3v) is 3.17. The van der Waals surface area contributed by atoms with Crippen LogP contribution in [0.15, 0.2) is 16.5 Å². The number of nitrogens with one attached hydrogen (secondary N) is 2. The van der Waals surface area contributed by atoms with Gasteiger partial charge in [-0.25, -0.2) is 0 Å². The maximum absolute atomic E-state index is 11.8. The molecule has 1 unspecified atom stereocenters. The number of carbonyl (C=O) groups excluding carboxylic acids is 1. The van der Waals surface area contributed by atoms with Crippen molar-refractivity contribution in [2.75, 3.05) is 26.7 Å². The molecule has 0 radical (unpaired) electrons. The maximum atomic E-state index is 11.8. The Morgan fingerprint density at radius 2 is 2.42 bits per heavy atom. The molecular formula is C13H21ClN2O3. The quantitative estimate of drug-likeness (QED) is 0.834. The fraction of sp³-hybridized carbons (Fsp3) is 0.615. The second-order valence-corrected chi connectivity index (χ2v) is 4.60. The number of hydrogen-bond donors (Lipinski definition) is 2. The van der Waals surface area contributed by atoms with Crippen molar-refractivity contribution in [3.05, 3.63) is 23.7 Å². The monoisotopic (exact) mass is 288 g/mol. The summed E-state index contributed by atoms with van der Waals surface area (Å²) in [5, 5.41) is 6.19. The highest BCUT2D eigenvalue weighted by molar-refractivity contribution is 5.91. The lowest BCUT2D eigenvalue weighted by Gasteiger charge is -2.08. The Balaban J connectivity index is 0.00000180. The molecule has 2 rings (SSSR count). The molecular weight excluding hydrogens is 268 g/mol. The van der Waals surface area contributed by atoms with E-state index in [-0.39, 0.29) is 18.3 Å². The van der Waals surface area contributed by atoms with Crippen LogP contribution >= 0.6 is 12.4 Å². The van der Waals surface area contributed by atoms with Crippen LogP contribution in [0.4, 0.5) is 0 Å². The molecule has 108 valence electrons. The zero-order valence-corrected chi connectivity index (χ0v) is 11.9. The van der Waals surface area contributed by atoms with Crippen molar-refractivity contribution in [1.29, 1.82) is 0 Å². The van der Waals surface area contributed by atoms with Gasteiger partial charge in [-0.1, -0.05) is 0 Å².